The molecule has 92 valence electrons. The molecule has 0 aliphatic heterocycles. The molecule has 0 aliphatic carbocycles. The van der Waals surface area contributed by atoms with E-state index in [1.54, 1.807) is 4.68 Å². The van der Waals surface area contributed by atoms with Crippen LogP contribution in [-0.2, 0) is 17.3 Å². The second-order valence-corrected chi connectivity index (χ2v) is 5.34. The van der Waals surface area contributed by atoms with E-state index in [1.807, 2.05) is 20.8 Å². The van der Waals surface area contributed by atoms with Gasteiger partial charge in [0.15, 0.2) is 5.82 Å². The molecule has 7 heteroatoms. The highest BCUT2D eigenvalue weighted by Crippen LogP contribution is 2.06. The number of hydrogen-bond acceptors (Lipinski definition) is 5. The lowest BCUT2D eigenvalue weighted by atomic mass is 10.3. The van der Waals surface area contributed by atoms with E-state index in [4.69, 9.17) is 0 Å². The summed E-state index contributed by atoms with van der Waals surface area (Å²) < 4.78 is 13.1. The molecule has 16 heavy (non-hydrogen) atoms. The summed E-state index contributed by atoms with van der Waals surface area (Å²) in [5, 5.41) is 14.8. The van der Waals surface area contributed by atoms with Gasteiger partial charge in [-0.05, 0) is 23.9 Å². The summed E-state index contributed by atoms with van der Waals surface area (Å²) in [6.07, 6.45) is 0. The molecular weight excluding hydrogens is 226 g/mol. The van der Waals surface area contributed by atoms with E-state index in [0.29, 0.717) is 18.1 Å². The summed E-state index contributed by atoms with van der Waals surface area (Å²) in [6, 6.07) is 0.120. The van der Waals surface area contributed by atoms with Gasteiger partial charge in [-0.1, -0.05) is 13.8 Å². The smallest absolute Gasteiger partial charge is 0.167 e. The fourth-order valence-electron chi connectivity index (χ4n) is 1.41. The second-order valence-electron chi connectivity index (χ2n) is 3.47. The quantitative estimate of drug-likeness (QED) is 0.738. The third-order valence-electron chi connectivity index (χ3n) is 2.31. The SMILES string of the molecule is CCNC(C)c1nnnn1CCS(=O)CC. The molecule has 0 spiro atoms. The molecule has 0 aliphatic rings. The monoisotopic (exact) mass is 245 g/mol. The van der Waals surface area contributed by atoms with Gasteiger partial charge in [0, 0.05) is 22.3 Å². The number of aryl methyl sites for hydroxylation is 1. The molecule has 1 aromatic rings. The van der Waals surface area contributed by atoms with Gasteiger partial charge in [0.2, 0.25) is 0 Å². The number of nitrogens with zero attached hydrogens (tertiary/aromatic N) is 4. The summed E-state index contributed by atoms with van der Waals surface area (Å²) in [6.45, 7) is 7.45. The van der Waals surface area contributed by atoms with Gasteiger partial charge in [0.25, 0.3) is 0 Å². The Labute approximate surface area is 98.3 Å². The van der Waals surface area contributed by atoms with E-state index in [9.17, 15) is 4.21 Å². The Bertz CT molecular complexity index is 340. The van der Waals surface area contributed by atoms with Gasteiger partial charge in [0.05, 0.1) is 12.6 Å². The topological polar surface area (TPSA) is 72.7 Å². The highest BCUT2D eigenvalue weighted by molar-refractivity contribution is 7.84. The normalized spacial score (nSPS) is 14.9. The Morgan fingerprint density at radius 2 is 2.25 bits per heavy atom. The number of rotatable bonds is 7. The molecule has 0 amide bonds. The Morgan fingerprint density at radius 3 is 2.88 bits per heavy atom. The molecule has 0 radical (unpaired) electrons. The lowest BCUT2D eigenvalue weighted by molar-refractivity contribution is 0.509. The van der Waals surface area contributed by atoms with Crippen LogP contribution >= 0.6 is 0 Å². The van der Waals surface area contributed by atoms with Crippen LogP contribution in [0.2, 0.25) is 0 Å². The van der Waals surface area contributed by atoms with Crippen LogP contribution in [-0.4, -0.2) is 42.5 Å². The van der Waals surface area contributed by atoms with Crippen molar-refractivity contribution in [3.63, 3.8) is 0 Å². The standard InChI is InChI=1S/C9H19N5OS/c1-4-10-8(3)9-11-12-13-14(9)6-7-16(15)5-2/h8,10H,4-7H2,1-3H3. The number of aromatic nitrogens is 4. The molecule has 0 bridgehead atoms. The number of nitrogens with one attached hydrogen (secondary N) is 1. The van der Waals surface area contributed by atoms with Crippen LogP contribution in [0.5, 0.6) is 0 Å². The van der Waals surface area contributed by atoms with Crippen molar-refractivity contribution in [3.05, 3.63) is 5.82 Å². The Kier molecular flexibility index (Phi) is 5.54. The van der Waals surface area contributed by atoms with Crippen LogP contribution in [0.15, 0.2) is 0 Å². The lowest BCUT2D eigenvalue weighted by Gasteiger charge is -2.11. The summed E-state index contributed by atoms with van der Waals surface area (Å²) in [5.41, 5.74) is 0. The third-order valence-corrected chi connectivity index (χ3v) is 3.59. The molecule has 1 N–H and O–H groups in total. The summed E-state index contributed by atoms with van der Waals surface area (Å²) in [5.74, 6) is 2.09. The van der Waals surface area contributed by atoms with Crippen LogP contribution < -0.4 is 5.32 Å². The molecule has 6 nitrogen and oxygen atoms in total. The van der Waals surface area contributed by atoms with Crippen LogP contribution in [0, 0.1) is 0 Å². The first-order chi connectivity index (χ1) is 7.69. The maximum atomic E-state index is 11.3. The summed E-state index contributed by atoms with van der Waals surface area (Å²) in [4.78, 5) is 0. The minimum atomic E-state index is -0.774. The largest absolute Gasteiger partial charge is 0.308 e. The van der Waals surface area contributed by atoms with Crippen LogP contribution in [0.1, 0.15) is 32.6 Å². The average molecular weight is 245 g/mol. The first kappa shape index (κ1) is 13.2. The predicted molar refractivity (Wildman–Crippen MR) is 63.5 cm³/mol. The summed E-state index contributed by atoms with van der Waals surface area (Å²) >= 11 is 0. The first-order valence-electron chi connectivity index (χ1n) is 5.53. The van der Waals surface area contributed by atoms with Crippen molar-refractivity contribution in [1.82, 2.24) is 25.5 Å². The maximum Gasteiger partial charge on any atom is 0.167 e. The molecule has 0 saturated carbocycles. The Hall–Kier alpha value is -0.820. The van der Waals surface area contributed by atoms with Crippen molar-refractivity contribution in [2.45, 2.75) is 33.4 Å². The highest BCUT2D eigenvalue weighted by atomic mass is 32.2. The Morgan fingerprint density at radius 1 is 1.50 bits per heavy atom. The molecule has 0 saturated heterocycles. The third kappa shape index (κ3) is 3.64. The van der Waals surface area contributed by atoms with Gasteiger partial charge >= 0.3 is 0 Å². The van der Waals surface area contributed by atoms with Gasteiger partial charge < -0.3 is 5.32 Å². The molecule has 2 unspecified atom stereocenters. The van der Waals surface area contributed by atoms with Crippen LogP contribution in [0.25, 0.3) is 0 Å². The predicted octanol–water partition coefficient (Wildman–Crippen LogP) is 0.112. The minimum absolute atomic E-state index is 0.120. The van der Waals surface area contributed by atoms with Crippen LogP contribution in [0.4, 0.5) is 0 Å². The molecule has 0 aromatic carbocycles. The maximum absolute atomic E-state index is 11.3. The van der Waals surface area contributed by atoms with Crippen molar-refractivity contribution in [3.8, 4) is 0 Å². The second kappa shape index (κ2) is 6.70. The zero-order valence-electron chi connectivity index (χ0n) is 10.0. The zero-order valence-corrected chi connectivity index (χ0v) is 10.8. The van der Waals surface area contributed by atoms with Crippen LogP contribution in [0.3, 0.4) is 0 Å². The fraction of sp³-hybridized carbons (Fsp3) is 0.889. The number of hydrogen-bond donors (Lipinski definition) is 1. The number of tetrazole rings is 1. The first-order valence-corrected chi connectivity index (χ1v) is 7.02. The van der Waals surface area contributed by atoms with Gasteiger partial charge in [-0.25, -0.2) is 4.68 Å². The van der Waals surface area contributed by atoms with Gasteiger partial charge in [-0.3, -0.25) is 4.21 Å². The Balaban J connectivity index is 2.59. The fourth-order valence-corrected chi connectivity index (χ4v) is 2.08. The molecule has 1 heterocycles. The van der Waals surface area contributed by atoms with Crippen molar-refractivity contribution < 1.29 is 4.21 Å². The molecular formula is C9H19N5OS. The molecule has 2 atom stereocenters. The average Bonchev–Trinajstić information content (AvgIpc) is 2.74. The van der Waals surface area contributed by atoms with E-state index in [-0.39, 0.29) is 6.04 Å². The summed E-state index contributed by atoms with van der Waals surface area (Å²) in [7, 11) is -0.774. The van der Waals surface area contributed by atoms with E-state index < -0.39 is 10.8 Å². The van der Waals surface area contributed by atoms with E-state index in [2.05, 4.69) is 20.8 Å². The van der Waals surface area contributed by atoms with Gasteiger partial charge in [-0.2, -0.15) is 0 Å². The highest BCUT2D eigenvalue weighted by Gasteiger charge is 2.13. The van der Waals surface area contributed by atoms with Gasteiger partial charge in [-0.15, -0.1) is 5.10 Å². The zero-order chi connectivity index (χ0) is 12.0. The lowest BCUT2D eigenvalue weighted by Crippen LogP contribution is -2.23. The van der Waals surface area contributed by atoms with E-state index in [1.165, 1.54) is 0 Å². The molecule has 1 rings (SSSR count). The molecule has 0 fully saturated rings. The van der Waals surface area contributed by atoms with E-state index >= 15 is 0 Å². The van der Waals surface area contributed by atoms with Gasteiger partial charge in [0.1, 0.15) is 0 Å². The van der Waals surface area contributed by atoms with Crippen molar-refractivity contribution >= 4 is 10.8 Å². The van der Waals surface area contributed by atoms with E-state index in [0.717, 1.165) is 12.4 Å². The minimum Gasteiger partial charge on any atom is -0.308 e. The molecule has 1 aromatic heterocycles. The van der Waals surface area contributed by atoms with Crippen molar-refractivity contribution in [2.24, 2.45) is 0 Å². The van der Waals surface area contributed by atoms with Crippen molar-refractivity contribution in [1.29, 1.82) is 0 Å². The van der Waals surface area contributed by atoms with Crippen molar-refractivity contribution in [2.75, 3.05) is 18.1 Å².